The molecule has 2 aliphatic rings. The smallest absolute Gasteiger partial charge is 0.0402 e. The van der Waals surface area contributed by atoms with Gasteiger partial charge in [-0.2, -0.15) is 0 Å². The molecule has 18 heavy (non-hydrogen) atoms. The molecule has 2 aliphatic heterocycles. The normalized spacial score (nSPS) is 21.9. The molecule has 1 saturated heterocycles. The minimum absolute atomic E-state index is 0.726. The van der Waals surface area contributed by atoms with Gasteiger partial charge in [0, 0.05) is 24.0 Å². The lowest BCUT2D eigenvalue weighted by Gasteiger charge is -2.41. The molecule has 0 aromatic heterocycles. The lowest BCUT2D eigenvalue weighted by atomic mass is 9.95. The van der Waals surface area contributed by atoms with Crippen LogP contribution in [0.4, 0.5) is 11.4 Å². The molecule has 98 valence electrons. The molecule has 0 atom stereocenters. The number of nitrogens with zero attached hydrogens (tertiary/aromatic N) is 2. The Balaban J connectivity index is 1.82. The first-order chi connectivity index (χ1) is 8.74. The Morgan fingerprint density at radius 3 is 2.72 bits per heavy atom. The monoisotopic (exact) mass is 245 g/mol. The summed E-state index contributed by atoms with van der Waals surface area (Å²) in [6.45, 7) is 3.67. The van der Waals surface area contributed by atoms with E-state index in [2.05, 4.69) is 29.0 Å². The van der Waals surface area contributed by atoms with Gasteiger partial charge in [-0.05, 0) is 69.6 Å². The summed E-state index contributed by atoms with van der Waals surface area (Å²) in [7, 11) is 2.22. The number of nitrogen functional groups attached to an aromatic ring is 1. The lowest BCUT2D eigenvalue weighted by Crippen LogP contribution is -2.45. The number of likely N-dealkylation sites (tertiary alicyclic amines) is 1. The highest BCUT2D eigenvalue weighted by atomic mass is 15.2. The molecule has 3 rings (SSSR count). The summed E-state index contributed by atoms with van der Waals surface area (Å²) in [5.41, 5.74) is 9.68. The number of rotatable bonds is 1. The average Bonchev–Trinajstić information content (AvgIpc) is 2.38. The zero-order chi connectivity index (χ0) is 12.5. The van der Waals surface area contributed by atoms with Gasteiger partial charge in [0.2, 0.25) is 0 Å². The van der Waals surface area contributed by atoms with Crippen LogP contribution < -0.4 is 10.6 Å². The van der Waals surface area contributed by atoms with Crippen molar-refractivity contribution < 1.29 is 0 Å². The van der Waals surface area contributed by atoms with Crippen LogP contribution in [0.15, 0.2) is 18.2 Å². The van der Waals surface area contributed by atoms with Crippen molar-refractivity contribution >= 4 is 11.4 Å². The molecular weight excluding hydrogens is 222 g/mol. The largest absolute Gasteiger partial charge is 0.399 e. The third-order valence-corrected chi connectivity index (χ3v) is 4.39. The minimum atomic E-state index is 0.726. The number of anilines is 2. The van der Waals surface area contributed by atoms with Crippen molar-refractivity contribution in [3.63, 3.8) is 0 Å². The molecule has 3 heteroatoms. The van der Waals surface area contributed by atoms with Gasteiger partial charge in [-0.15, -0.1) is 0 Å². The fraction of sp³-hybridized carbons (Fsp3) is 0.600. The first kappa shape index (κ1) is 11.8. The third-order valence-electron chi connectivity index (χ3n) is 4.39. The van der Waals surface area contributed by atoms with Gasteiger partial charge in [0.15, 0.2) is 0 Å². The quantitative estimate of drug-likeness (QED) is 0.769. The summed E-state index contributed by atoms with van der Waals surface area (Å²) in [4.78, 5) is 5.07. The molecule has 0 aliphatic carbocycles. The fourth-order valence-electron chi connectivity index (χ4n) is 3.33. The maximum atomic E-state index is 5.90. The van der Waals surface area contributed by atoms with Crippen LogP contribution in [0.2, 0.25) is 0 Å². The van der Waals surface area contributed by atoms with E-state index < -0.39 is 0 Å². The maximum Gasteiger partial charge on any atom is 0.0402 e. The van der Waals surface area contributed by atoms with E-state index in [4.69, 9.17) is 5.73 Å². The Labute approximate surface area is 110 Å². The van der Waals surface area contributed by atoms with Gasteiger partial charge in [-0.1, -0.05) is 0 Å². The maximum absolute atomic E-state index is 5.90. The summed E-state index contributed by atoms with van der Waals surface area (Å²) in [6, 6.07) is 7.16. The van der Waals surface area contributed by atoms with E-state index in [-0.39, 0.29) is 0 Å². The standard InChI is InChI=1S/C15H23N3/c1-17-9-6-14(7-10-17)18-8-2-3-12-11-13(16)4-5-15(12)18/h4-5,11,14H,2-3,6-10,16H2,1H3. The SMILES string of the molecule is CN1CCC(N2CCCc3cc(N)ccc32)CC1. The van der Waals surface area contributed by atoms with E-state index in [0.717, 1.165) is 11.7 Å². The molecule has 0 radical (unpaired) electrons. The van der Waals surface area contributed by atoms with Crippen molar-refractivity contribution in [2.45, 2.75) is 31.7 Å². The van der Waals surface area contributed by atoms with Crippen LogP contribution >= 0.6 is 0 Å². The molecule has 2 heterocycles. The molecule has 1 aromatic carbocycles. The number of benzene rings is 1. The van der Waals surface area contributed by atoms with Gasteiger partial charge in [-0.25, -0.2) is 0 Å². The van der Waals surface area contributed by atoms with Crippen LogP contribution in [0.3, 0.4) is 0 Å². The number of hydrogen-bond donors (Lipinski definition) is 1. The van der Waals surface area contributed by atoms with Gasteiger partial charge in [0.25, 0.3) is 0 Å². The Kier molecular flexibility index (Phi) is 3.16. The van der Waals surface area contributed by atoms with Gasteiger partial charge in [-0.3, -0.25) is 0 Å². The van der Waals surface area contributed by atoms with Crippen LogP contribution in [0.25, 0.3) is 0 Å². The van der Waals surface area contributed by atoms with Crippen LogP contribution in [0, 0.1) is 0 Å². The molecule has 1 fully saturated rings. The van der Waals surface area contributed by atoms with Crippen LogP contribution in [0.1, 0.15) is 24.8 Å². The van der Waals surface area contributed by atoms with Crippen molar-refractivity contribution in [3.8, 4) is 0 Å². The summed E-state index contributed by atoms with van der Waals surface area (Å²) >= 11 is 0. The second kappa shape index (κ2) is 4.81. The first-order valence-corrected chi connectivity index (χ1v) is 7.07. The Morgan fingerprint density at radius 2 is 1.94 bits per heavy atom. The molecule has 2 N–H and O–H groups in total. The number of hydrogen-bond acceptors (Lipinski definition) is 3. The Hall–Kier alpha value is -1.22. The first-order valence-electron chi connectivity index (χ1n) is 7.07. The predicted molar refractivity (Wildman–Crippen MR) is 77.0 cm³/mol. The third kappa shape index (κ3) is 2.19. The highest BCUT2D eigenvalue weighted by molar-refractivity contribution is 5.61. The summed E-state index contributed by atoms with van der Waals surface area (Å²) in [5, 5.41) is 0. The van der Waals surface area contributed by atoms with Gasteiger partial charge >= 0.3 is 0 Å². The molecule has 0 unspecified atom stereocenters. The van der Waals surface area contributed by atoms with Crippen LogP contribution in [-0.4, -0.2) is 37.6 Å². The zero-order valence-electron chi connectivity index (χ0n) is 11.2. The van der Waals surface area contributed by atoms with E-state index in [0.29, 0.717) is 0 Å². The van der Waals surface area contributed by atoms with Crippen LogP contribution in [-0.2, 0) is 6.42 Å². The molecule has 0 spiro atoms. The predicted octanol–water partition coefficient (Wildman–Crippen LogP) is 2.12. The average molecular weight is 245 g/mol. The highest BCUT2D eigenvalue weighted by Crippen LogP contribution is 2.32. The molecular formula is C15H23N3. The van der Waals surface area contributed by atoms with E-state index >= 15 is 0 Å². The molecule has 3 nitrogen and oxygen atoms in total. The second-order valence-electron chi connectivity index (χ2n) is 5.72. The van der Waals surface area contributed by atoms with Crippen molar-refractivity contribution in [1.82, 2.24) is 4.90 Å². The van der Waals surface area contributed by atoms with Gasteiger partial charge in [0.05, 0.1) is 0 Å². The topological polar surface area (TPSA) is 32.5 Å². The van der Waals surface area contributed by atoms with Crippen molar-refractivity contribution in [2.75, 3.05) is 37.3 Å². The molecule has 0 saturated carbocycles. The Morgan fingerprint density at radius 1 is 1.17 bits per heavy atom. The molecule has 1 aromatic rings. The summed E-state index contributed by atoms with van der Waals surface area (Å²) in [5.74, 6) is 0. The van der Waals surface area contributed by atoms with Crippen molar-refractivity contribution in [3.05, 3.63) is 23.8 Å². The molecule has 0 amide bonds. The number of piperidine rings is 1. The van der Waals surface area contributed by atoms with Crippen molar-refractivity contribution in [1.29, 1.82) is 0 Å². The van der Waals surface area contributed by atoms with Gasteiger partial charge in [0.1, 0.15) is 0 Å². The van der Waals surface area contributed by atoms with Crippen LogP contribution in [0.5, 0.6) is 0 Å². The highest BCUT2D eigenvalue weighted by Gasteiger charge is 2.26. The number of fused-ring (bicyclic) bond motifs is 1. The lowest BCUT2D eigenvalue weighted by molar-refractivity contribution is 0.248. The van der Waals surface area contributed by atoms with Gasteiger partial charge < -0.3 is 15.5 Å². The Bertz CT molecular complexity index is 422. The van der Waals surface area contributed by atoms with Crippen molar-refractivity contribution in [2.24, 2.45) is 0 Å². The zero-order valence-corrected chi connectivity index (χ0v) is 11.2. The molecule has 0 bridgehead atoms. The second-order valence-corrected chi connectivity index (χ2v) is 5.72. The number of aryl methyl sites for hydroxylation is 1. The van der Waals surface area contributed by atoms with E-state index in [9.17, 15) is 0 Å². The van der Waals surface area contributed by atoms with E-state index in [1.807, 2.05) is 6.07 Å². The minimum Gasteiger partial charge on any atom is -0.399 e. The number of nitrogens with two attached hydrogens (primary N) is 1. The fourth-order valence-corrected chi connectivity index (χ4v) is 3.33. The van der Waals surface area contributed by atoms with E-state index in [1.165, 1.54) is 56.6 Å². The van der Waals surface area contributed by atoms with E-state index in [1.54, 1.807) is 0 Å². The summed E-state index contributed by atoms with van der Waals surface area (Å²) < 4.78 is 0. The summed E-state index contributed by atoms with van der Waals surface area (Å²) in [6.07, 6.45) is 5.03.